The van der Waals surface area contributed by atoms with Crippen LogP contribution in [0.2, 0.25) is 0 Å². The Morgan fingerprint density at radius 3 is 2.30 bits per heavy atom. The van der Waals surface area contributed by atoms with E-state index in [-0.39, 0.29) is 51.5 Å². The summed E-state index contributed by atoms with van der Waals surface area (Å²) in [6.07, 6.45) is 8.29. The molecule has 8 nitrogen and oxygen atoms in total. The van der Waals surface area contributed by atoms with Crippen molar-refractivity contribution in [2.24, 2.45) is 23.7 Å². The van der Waals surface area contributed by atoms with Gasteiger partial charge in [0.25, 0.3) is 0 Å². The van der Waals surface area contributed by atoms with E-state index in [9.17, 15) is 24.3 Å². The lowest BCUT2D eigenvalue weighted by molar-refractivity contribution is -0.123. The first-order valence-corrected chi connectivity index (χ1v) is 15.0. The molecule has 1 fully saturated rings. The van der Waals surface area contributed by atoms with Crippen molar-refractivity contribution >= 4 is 51.1 Å². The summed E-state index contributed by atoms with van der Waals surface area (Å²) in [4.78, 5) is 55.7. The van der Waals surface area contributed by atoms with Crippen LogP contribution < -0.4 is 14.4 Å². The molecule has 43 heavy (non-hydrogen) atoms. The third kappa shape index (κ3) is 4.66. The van der Waals surface area contributed by atoms with Crippen LogP contribution >= 0.6 is 15.9 Å². The normalized spacial score (nSPS) is 25.0. The number of rotatable bonds is 6. The fraction of sp³-hybridized carbons (Fsp3) is 0.294. The van der Waals surface area contributed by atoms with Gasteiger partial charge in [-0.2, -0.15) is 0 Å². The van der Waals surface area contributed by atoms with Gasteiger partial charge in [-0.1, -0.05) is 42.9 Å². The van der Waals surface area contributed by atoms with Gasteiger partial charge < -0.3 is 14.6 Å². The van der Waals surface area contributed by atoms with Crippen molar-refractivity contribution in [1.82, 2.24) is 0 Å². The highest BCUT2D eigenvalue weighted by molar-refractivity contribution is 9.12. The predicted octanol–water partition coefficient (Wildman–Crippen LogP) is 5.48. The number of benzene rings is 2. The van der Waals surface area contributed by atoms with E-state index in [1.54, 1.807) is 30.3 Å². The first-order valence-electron chi connectivity index (χ1n) is 14.2. The lowest BCUT2D eigenvalue weighted by atomic mass is 9.61. The average molecular weight is 645 g/mol. The Hall–Kier alpha value is -4.24. The molecule has 1 aliphatic heterocycles. The van der Waals surface area contributed by atoms with E-state index in [2.05, 4.69) is 15.9 Å². The second-order valence-electron chi connectivity index (χ2n) is 11.1. The van der Waals surface area contributed by atoms with Gasteiger partial charge in [0, 0.05) is 23.1 Å². The van der Waals surface area contributed by atoms with Gasteiger partial charge >= 0.3 is 0 Å². The van der Waals surface area contributed by atoms with Crippen molar-refractivity contribution in [3.05, 3.63) is 87.0 Å². The topological polar surface area (TPSA) is 110 Å². The number of hydrogen-bond acceptors (Lipinski definition) is 7. The van der Waals surface area contributed by atoms with Crippen LogP contribution in [0.3, 0.4) is 0 Å². The quantitative estimate of drug-likeness (QED) is 0.252. The lowest BCUT2D eigenvalue weighted by Gasteiger charge is -2.41. The highest BCUT2D eigenvalue weighted by Gasteiger charge is 2.56. The third-order valence-electron chi connectivity index (χ3n) is 8.97. The second-order valence-corrected chi connectivity index (χ2v) is 12.0. The predicted molar refractivity (Wildman–Crippen MR) is 164 cm³/mol. The van der Waals surface area contributed by atoms with Crippen LogP contribution in [-0.2, 0) is 25.6 Å². The zero-order valence-electron chi connectivity index (χ0n) is 23.9. The number of Topliss-reactive ketones (excluding diaryl/α,β-unsaturated/α-hetero) is 1. The summed E-state index contributed by atoms with van der Waals surface area (Å²) >= 11 is 3.25. The molecule has 2 aromatic rings. The van der Waals surface area contributed by atoms with Crippen molar-refractivity contribution in [1.29, 1.82) is 0 Å². The van der Waals surface area contributed by atoms with E-state index in [1.807, 2.05) is 31.2 Å². The average Bonchev–Trinajstić information content (AvgIpc) is 3.27. The fourth-order valence-electron chi connectivity index (χ4n) is 6.84. The van der Waals surface area contributed by atoms with E-state index in [0.29, 0.717) is 28.8 Å². The van der Waals surface area contributed by atoms with Crippen LogP contribution in [0.15, 0.2) is 75.8 Å². The Morgan fingerprint density at radius 2 is 1.67 bits per heavy atom. The van der Waals surface area contributed by atoms with Crippen LogP contribution in [0.1, 0.15) is 30.9 Å². The number of methoxy groups -OCH3 is 2. The van der Waals surface area contributed by atoms with Gasteiger partial charge in [0.1, 0.15) is 0 Å². The Kier molecular flexibility index (Phi) is 7.46. The minimum Gasteiger partial charge on any atom is -0.502 e. The van der Waals surface area contributed by atoms with E-state index in [0.717, 1.165) is 17.6 Å². The largest absolute Gasteiger partial charge is 0.502 e. The van der Waals surface area contributed by atoms with E-state index in [4.69, 9.17) is 9.47 Å². The minimum absolute atomic E-state index is 0.132. The number of aryl methyl sites for hydroxylation is 1. The smallest absolute Gasteiger partial charge is 0.238 e. The number of carbonyl (C=O) groups is 4. The number of nitrogens with zero attached hydrogens (tertiary/aromatic N) is 1. The van der Waals surface area contributed by atoms with Crippen molar-refractivity contribution in [2.75, 3.05) is 19.1 Å². The summed E-state index contributed by atoms with van der Waals surface area (Å²) in [6, 6.07) is 10.7. The van der Waals surface area contributed by atoms with Gasteiger partial charge in [0.05, 0.1) is 36.2 Å². The fourth-order valence-corrected chi connectivity index (χ4v) is 7.28. The Balaban J connectivity index is 1.42. The molecule has 2 amide bonds. The van der Waals surface area contributed by atoms with Gasteiger partial charge in [-0.25, -0.2) is 0 Å². The SMILES string of the molecule is CCc1ccc(N2C(=O)C3CC=C4C(C=Cc5cc(OC)c(O)c(OC)c5)C5=C(CC4C3C2=O)C(=O)C(Br)=CC5=O)cc1. The first kappa shape index (κ1) is 28.9. The zero-order valence-corrected chi connectivity index (χ0v) is 25.5. The molecule has 3 aliphatic carbocycles. The summed E-state index contributed by atoms with van der Waals surface area (Å²) < 4.78 is 10.8. The number of ketones is 2. The number of phenolic OH excluding ortho intramolecular Hbond substituents is 1. The molecular weight excluding hydrogens is 614 g/mol. The standard InChI is InChI=1S/C34H30BrNO7/c1-4-17-5-8-19(9-6-17)36-33(40)22-12-11-20-21(10-7-18-13-27(42-2)32(39)28(14-18)43-3)29-24(15-23(20)30(22)34(36)41)31(38)25(35)16-26(29)37/h5-11,13-14,16,21-23,30,39H,4,12,15H2,1-3H3. The van der Waals surface area contributed by atoms with Crippen LogP contribution in [-0.4, -0.2) is 42.7 Å². The molecule has 220 valence electrons. The molecule has 1 saturated heterocycles. The van der Waals surface area contributed by atoms with Gasteiger partial charge in [-0.3, -0.25) is 24.1 Å². The molecule has 0 bridgehead atoms. The van der Waals surface area contributed by atoms with Crippen molar-refractivity contribution in [3.63, 3.8) is 0 Å². The molecule has 1 N–H and O–H groups in total. The van der Waals surface area contributed by atoms with Crippen LogP contribution in [0.25, 0.3) is 6.08 Å². The van der Waals surface area contributed by atoms with Gasteiger partial charge in [0.2, 0.25) is 17.6 Å². The molecule has 2 aromatic carbocycles. The number of hydrogen-bond donors (Lipinski definition) is 1. The summed E-state index contributed by atoms with van der Waals surface area (Å²) in [5.41, 5.74) is 3.89. The summed E-state index contributed by atoms with van der Waals surface area (Å²) in [6.45, 7) is 2.04. The molecule has 9 heteroatoms. The second kappa shape index (κ2) is 11.1. The molecule has 4 atom stereocenters. The Morgan fingerprint density at radius 1 is 1.00 bits per heavy atom. The molecule has 4 aliphatic rings. The number of halogens is 1. The Bertz CT molecular complexity index is 1670. The van der Waals surface area contributed by atoms with Crippen LogP contribution in [0, 0.1) is 23.7 Å². The molecule has 0 radical (unpaired) electrons. The number of anilines is 1. The lowest BCUT2D eigenvalue weighted by Crippen LogP contribution is -2.40. The molecule has 1 heterocycles. The van der Waals surface area contributed by atoms with Crippen LogP contribution in [0.5, 0.6) is 17.2 Å². The third-order valence-corrected chi connectivity index (χ3v) is 9.55. The number of allylic oxidation sites excluding steroid dienone is 7. The highest BCUT2D eigenvalue weighted by atomic mass is 79.9. The number of carbonyl (C=O) groups excluding carboxylic acids is 4. The molecule has 0 saturated carbocycles. The maximum atomic E-state index is 14.0. The van der Waals surface area contributed by atoms with E-state index in [1.165, 1.54) is 25.2 Å². The van der Waals surface area contributed by atoms with Crippen LogP contribution in [0.4, 0.5) is 5.69 Å². The molecule has 6 rings (SSSR count). The molecule has 4 unspecified atom stereocenters. The monoisotopic (exact) mass is 643 g/mol. The van der Waals surface area contributed by atoms with Crippen molar-refractivity contribution in [2.45, 2.75) is 26.2 Å². The number of phenols is 1. The van der Waals surface area contributed by atoms with E-state index < -0.39 is 23.7 Å². The Labute approximate surface area is 257 Å². The van der Waals surface area contributed by atoms with Gasteiger partial charge in [0.15, 0.2) is 23.1 Å². The van der Waals surface area contributed by atoms with Crippen molar-refractivity contribution in [3.8, 4) is 17.2 Å². The van der Waals surface area contributed by atoms with Gasteiger partial charge in [-0.15, -0.1) is 0 Å². The number of amides is 2. The number of fused-ring (bicyclic) bond motifs is 3. The first-order chi connectivity index (χ1) is 20.7. The number of ether oxygens (including phenoxy) is 2. The number of aromatic hydroxyl groups is 1. The van der Waals surface area contributed by atoms with Crippen molar-refractivity contribution < 1.29 is 33.8 Å². The molecule has 0 spiro atoms. The molecular formula is C34H30BrNO7. The number of imide groups is 1. The summed E-state index contributed by atoms with van der Waals surface area (Å²) in [5.74, 6) is -2.98. The minimum atomic E-state index is -0.648. The van der Waals surface area contributed by atoms with E-state index >= 15 is 0 Å². The maximum absolute atomic E-state index is 14.0. The highest BCUT2D eigenvalue weighted by Crippen LogP contribution is 2.53. The summed E-state index contributed by atoms with van der Waals surface area (Å²) in [7, 11) is 2.87. The zero-order chi connectivity index (χ0) is 30.6. The van der Waals surface area contributed by atoms with Gasteiger partial charge in [-0.05, 0) is 76.5 Å². The molecule has 0 aromatic heterocycles. The summed E-state index contributed by atoms with van der Waals surface area (Å²) in [5, 5.41) is 10.3. The maximum Gasteiger partial charge on any atom is 0.238 e.